The number of para-hydroxylation sites is 1. The molecule has 2 rings (SSSR count). The Morgan fingerprint density at radius 1 is 1.33 bits per heavy atom. The maximum atomic E-state index is 12.1. The van der Waals surface area contributed by atoms with Gasteiger partial charge in [0.2, 0.25) is 0 Å². The van der Waals surface area contributed by atoms with E-state index in [1.165, 1.54) is 12.8 Å². The van der Waals surface area contributed by atoms with Gasteiger partial charge in [-0.15, -0.1) is 0 Å². The van der Waals surface area contributed by atoms with Crippen molar-refractivity contribution in [2.45, 2.75) is 51.2 Å². The summed E-state index contributed by atoms with van der Waals surface area (Å²) in [5.74, 6) is 0.777. The van der Waals surface area contributed by atoms with Crippen molar-refractivity contribution in [3.8, 4) is 5.75 Å². The van der Waals surface area contributed by atoms with Crippen LogP contribution in [0.1, 0.15) is 39.0 Å². The molecule has 1 saturated carbocycles. The lowest BCUT2D eigenvalue weighted by molar-refractivity contribution is -0.128. The third kappa shape index (κ3) is 3.49. The fraction of sp³-hybridized carbons (Fsp3) is 0.533. The predicted octanol–water partition coefficient (Wildman–Crippen LogP) is 2.90. The zero-order valence-electron chi connectivity index (χ0n) is 10.9. The third-order valence-electron chi connectivity index (χ3n) is 3.39. The van der Waals surface area contributed by atoms with Crippen molar-refractivity contribution >= 4 is 5.91 Å². The fourth-order valence-corrected chi connectivity index (χ4v) is 2.35. The van der Waals surface area contributed by atoms with Crippen LogP contribution >= 0.6 is 0 Å². The van der Waals surface area contributed by atoms with Gasteiger partial charge in [0.15, 0.2) is 6.10 Å². The van der Waals surface area contributed by atoms with Crippen LogP contribution < -0.4 is 10.1 Å². The van der Waals surface area contributed by atoms with Crippen molar-refractivity contribution in [2.24, 2.45) is 0 Å². The van der Waals surface area contributed by atoms with Gasteiger partial charge in [-0.3, -0.25) is 4.79 Å². The lowest BCUT2D eigenvalue weighted by Crippen LogP contribution is -2.42. The van der Waals surface area contributed by atoms with E-state index >= 15 is 0 Å². The van der Waals surface area contributed by atoms with Gasteiger partial charge in [0.25, 0.3) is 5.91 Å². The highest BCUT2D eigenvalue weighted by Gasteiger charge is 2.23. The smallest absolute Gasteiger partial charge is 0.261 e. The SMILES string of the molecule is CCC(Oc1ccccc1)C(=O)NC1CCCC1. The van der Waals surface area contributed by atoms with Crippen LogP contribution in [0.3, 0.4) is 0 Å². The summed E-state index contributed by atoms with van der Waals surface area (Å²) < 4.78 is 5.72. The van der Waals surface area contributed by atoms with Gasteiger partial charge in [-0.2, -0.15) is 0 Å². The van der Waals surface area contributed by atoms with E-state index in [0.717, 1.165) is 18.6 Å². The van der Waals surface area contributed by atoms with Crippen LogP contribution in [0.4, 0.5) is 0 Å². The van der Waals surface area contributed by atoms with Crippen LogP contribution in [-0.2, 0) is 4.79 Å². The van der Waals surface area contributed by atoms with Gasteiger partial charge in [-0.05, 0) is 31.4 Å². The molecule has 3 heteroatoms. The molecule has 1 amide bonds. The highest BCUT2D eigenvalue weighted by atomic mass is 16.5. The Kier molecular flexibility index (Phi) is 4.62. The zero-order chi connectivity index (χ0) is 12.8. The Morgan fingerprint density at radius 3 is 2.61 bits per heavy atom. The van der Waals surface area contributed by atoms with Gasteiger partial charge in [0, 0.05) is 6.04 Å². The number of carbonyl (C=O) groups is 1. The minimum Gasteiger partial charge on any atom is -0.481 e. The molecule has 0 heterocycles. The lowest BCUT2D eigenvalue weighted by atomic mass is 10.2. The van der Waals surface area contributed by atoms with Crippen molar-refractivity contribution in [3.05, 3.63) is 30.3 Å². The number of ether oxygens (including phenoxy) is 1. The van der Waals surface area contributed by atoms with Crippen LogP contribution in [0.5, 0.6) is 5.75 Å². The highest BCUT2D eigenvalue weighted by Crippen LogP contribution is 2.18. The molecule has 0 aliphatic heterocycles. The molecule has 1 aromatic carbocycles. The molecule has 18 heavy (non-hydrogen) atoms. The van der Waals surface area contributed by atoms with Crippen LogP contribution in [0.15, 0.2) is 30.3 Å². The average molecular weight is 247 g/mol. The highest BCUT2D eigenvalue weighted by molar-refractivity contribution is 5.81. The lowest BCUT2D eigenvalue weighted by Gasteiger charge is -2.20. The second kappa shape index (κ2) is 6.43. The molecule has 0 aromatic heterocycles. The Labute approximate surface area is 109 Å². The summed E-state index contributed by atoms with van der Waals surface area (Å²) in [6, 6.07) is 9.88. The second-order valence-electron chi connectivity index (χ2n) is 4.82. The summed E-state index contributed by atoms with van der Waals surface area (Å²) in [4.78, 5) is 12.1. The summed E-state index contributed by atoms with van der Waals surface area (Å²) >= 11 is 0. The maximum Gasteiger partial charge on any atom is 0.261 e. The minimum absolute atomic E-state index is 0.0215. The number of carbonyl (C=O) groups excluding carboxylic acids is 1. The maximum absolute atomic E-state index is 12.1. The molecular formula is C15H21NO2. The van der Waals surface area contributed by atoms with Crippen LogP contribution in [0.25, 0.3) is 0 Å². The van der Waals surface area contributed by atoms with Gasteiger partial charge in [0.05, 0.1) is 0 Å². The molecule has 0 radical (unpaired) electrons. The fourth-order valence-electron chi connectivity index (χ4n) is 2.35. The number of hydrogen-bond donors (Lipinski definition) is 1. The molecule has 1 fully saturated rings. The topological polar surface area (TPSA) is 38.3 Å². The van der Waals surface area contributed by atoms with E-state index in [0.29, 0.717) is 12.5 Å². The molecule has 0 spiro atoms. The number of benzene rings is 1. The number of hydrogen-bond acceptors (Lipinski definition) is 2. The largest absolute Gasteiger partial charge is 0.481 e. The number of nitrogens with one attached hydrogen (secondary N) is 1. The molecular weight excluding hydrogens is 226 g/mol. The molecule has 1 aliphatic carbocycles. The summed E-state index contributed by atoms with van der Waals surface area (Å²) in [6.07, 6.45) is 4.96. The van der Waals surface area contributed by atoms with Crippen molar-refractivity contribution in [1.29, 1.82) is 0 Å². The van der Waals surface area contributed by atoms with Crippen LogP contribution in [-0.4, -0.2) is 18.1 Å². The van der Waals surface area contributed by atoms with E-state index in [9.17, 15) is 4.79 Å². The van der Waals surface area contributed by atoms with Crippen LogP contribution in [0, 0.1) is 0 Å². The van der Waals surface area contributed by atoms with E-state index in [1.807, 2.05) is 37.3 Å². The Bertz CT molecular complexity index is 371. The number of rotatable bonds is 5. The summed E-state index contributed by atoms with van der Waals surface area (Å²) in [5, 5.41) is 3.09. The van der Waals surface area contributed by atoms with Gasteiger partial charge in [0.1, 0.15) is 5.75 Å². The summed E-state index contributed by atoms with van der Waals surface area (Å²) in [5.41, 5.74) is 0. The summed E-state index contributed by atoms with van der Waals surface area (Å²) in [7, 11) is 0. The third-order valence-corrected chi connectivity index (χ3v) is 3.39. The molecule has 0 bridgehead atoms. The summed E-state index contributed by atoms with van der Waals surface area (Å²) in [6.45, 7) is 1.97. The van der Waals surface area contributed by atoms with E-state index in [1.54, 1.807) is 0 Å². The normalized spacial score (nSPS) is 17.4. The molecule has 1 aliphatic rings. The molecule has 1 unspecified atom stereocenters. The quantitative estimate of drug-likeness (QED) is 0.868. The minimum atomic E-state index is -0.381. The van der Waals surface area contributed by atoms with Crippen molar-refractivity contribution in [1.82, 2.24) is 5.32 Å². The number of amides is 1. The van der Waals surface area contributed by atoms with Gasteiger partial charge in [-0.25, -0.2) is 0 Å². The van der Waals surface area contributed by atoms with E-state index in [4.69, 9.17) is 4.74 Å². The van der Waals surface area contributed by atoms with Gasteiger partial charge < -0.3 is 10.1 Å². The Balaban J connectivity index is 1.89. The first-order valence-corrected chi connectivity index (χ1v) is 6.81. The Hall–Kier alpha value is -1.51. The van der Waals surface area contributed by atoms with E-state index in [-0.39, 0.29) is 12.0 Å². The first-order valence-electron chi connectivity index (χ1n) is 6.81. The zero-order valence-corrected chi connectivity index (χ0v) is 10.9. The van der Waals surface area contributed by atoms with E-state index in [2.05, 4.69) is 5.32 Å². The molecule has 1 N–H and O–H groups in total. The van der Waals surface area contributed by atoms with Crippen molar-refractivity contribution in [2.75, 3.05) is 0 Å². The molecule has 1 atom stereocenters. The Morgan fingerprint density at radius 2 is 2.00 bits per heavy atom. The first-order chi connectivity index (χ1) is 8.79. The van der Waals surface area contributed by atoms with Crippen molar-refractivity contribution in [3.63, 3.8) is 0 Å². The molecule has 3 nitrogen and oxygen atoms in total. The van der Waals surface area contributed by atoms with Crippen molar-refractivity contribution < 1.29 is 9.53 Å². The standard InChI is InChI=1S/C15H21NO2/c1-2-14(18-13-10-4-3-5-11-13)15(17)16-12-8-6-7-9-12/h3-5,10-12,14H,2,6-9H2,1H3,(H,16,17). The average Bonchev–Trinajstić information content (AvgIpc) is 2.90. The molecule has 0 saturated heterocycles. The molecule has 1 aromatic rings. The van der Waals surface area contributed by atoms with Gasteiger partial charge >= 0.3 is 0 Å². The first kappa shape index (κ1) is 12.9. The molecule has 98 valence electrons. The van der Waals surface area contributed by atoms with Crippen LogP contribution in [0.2, 0.25) is 0 Å². The monoisotopic (exact) mass is 247 g/mol. The second-order valence-corrected chi connectivity index (χ2v) is 4.82. The predicted molar refractivity (Wildman–Crippen MR) is 71.5 cm³/mol. The van der Waals surface area contributed by atoms with Gasteiger partial charge in [-0.1, -0.05) is 38.0 Å². The van der Waals surface area contributed by atoms with E-state index < -0.39 is 0 Å².